The first-order valence-electron chi connectivity index (χ1n) is 9.81. The highest BCUT2D eigenvalue weighted by Crippen LogP contribution is 2.19. The Morgan fingerprint density at radius 1 is 1.18 bits per heavy atom. The Kier molecular flexibility index (Phi) is 6.74. The van der Waals surface area contributed by atoms with E-state index in [2.05, 4.69) is 19.9 Å². The summed E-state index contributed by atoms with van der Waals surface area (Å²) >= 11 is 0. The van der Waals surface area contributed by atoms with Crippen LogP contribution in [0.25, 0.3) is 11.4 Å². The van der Waals surface area contributed by atoms with Crippen LogP contribution in [0, 0.1) is 12.7 Å². The van der Waals surface area contributed by atoms with Crippen LogP contribution in [-0.2, 0) is 11.3 Å². The summed E-state index contributed by atoms with van der Waals surface area (Å²) in [5.41, 5.74) is 1.20. The molecule has 7 nitrogen and oxygen atoms in total. The third kappa shape index (κ3) is 4.94. The van der Waals surface area contributed by atoms with Crippen LogP contribution in [0.4, 0.5) is 4.39 Å². The maximum atomic E-state index is 13.7. The zero-order valence-electron chi connectivity index (χ0n) is 16.8. The molecule has 1 fully saturated rings. The number of likely N-dealkylation sites (N-methyl/N-ethyl adjacent to an activating group) is 1. The molecule has 3 rings (SSSR count). The van der Waals surface area contributed by atoms with E-state index in [-0.39, 0.29) is 11.7 Å². The Balaban J connectivity index is 1.51. The van der Waals surface area contributed by atoms with E-state index < -0.39 is 0 Å². The molecule has 0 radical (unpaired) electrons. The average molecular weight is 389 g/mol. The van der Waals surface area contributed by atoms with Gasteiger partial charge in [-0.3, -0.25) is 14.6 Å². The predicted octanol–water partition coefficient (Wildman–Crippen LogP) is 2.17. The van der Waals surface area contributed by atoms with E-state index in [0.717, 1.165) is 39.3 Å². The molecule has 2 aromatic rings. The average Bonchev–Trinajstić information content (AvgIpc) is 3.15. The molecule has 0 N–H and O–H groups in total. The van der Waals surface area contributed by atoms with Crippen LogP contribution in [0.2, 0.25) is 0 Å². The van der Waals surface area contributed by atoms with Crippen LogP contribution in [0.5, 0.6) is 0 Å². The van der Waals surface area contributed by atoms with Crippen LogP contribution in [0.1, 0.15) is 25.3 Å². The summed E-state index contributed by atoms with van der Waals surface area (Å²) in [4.78, 5) is 22.9. The van der Waals surface area contributed by atoms with Crippen LogP contribution >= 0.6 is 0 Å². The first kappa shape index (κ1) is 20.4. The molecular weight excluding hydrogens is 361 g/mol. The Bertz CT molecular complexity index is 798. The second-order valence-electron chi connectivity index (χ2n) is 7.09. The number of rotatable bonds is 7. The maximum absolute atomic E-state index is 13.7. The van der Waals surface area contributed by atoms with E-state index in [1.165, 1.54) is 6.07 Å². The first-order valence-corrected chi connectivity index (χ1v) is 9.81. The van der Waals surface area contributed by atoms with E-state index in [1.54, 1.807) is 19.1 Å². The van der Waals surface area contributed by atoms with Gasteiger partial charge in [-0.15, -0.1) is 0 Å². The van der Waals surface area contributed by atoms with Crippen molar-refractivity contribution in [1.29, 1.82) is 0 Å². The SMILES string of the molecule is CCN(CC)C(=O)CN1CCN(Cc2nc(-c3ccc(C)c(F)c3)no2)CC1. The number of aromatic nitrogens is 2. The minimum absolute atomic E-state index is 0.185. The van der Waals surface area contributed by atoms with Gasteiger partial charge in [0.25, 0.3) is 0 Å². The smallest absolute Gasteiger partial charge is 0.241 e. The molecule has 1 aromatic heterocycles. The molecule has 2 heterocycles. The fourth-order valence-electron chi connectivity index (χ4n) is 3.33. The molecular formula is C20H28FN5O2. The first-order chi connectivity index (χ1) is 13.5. The molecule has 28 heavy (non-hydrogen) atoms. The quantitative estimate of drug-likeness (QED) is 0.723. The summed E-state index contributed by atoms with van der Waals surface area (Å²) in [6.07, 6.45) is 0. The molecule has 8 heteroatoms. The zero-order chi connectivity index (χ0) is 20.1. The molecule has 0 aliphatic carbocycles. The van der Waals surface area contributed by atoms with E-state index in [1.807, 2.05) is 18.7 Å². The molecule has 0 bridgehead atoms. The third-order valence-electron chi connectivity index (χ3n) is 5.20. The third-order valence-corrected chi connectivity index (χ3v) is 5.20. The minimum atomic E-state index is -0.278. The van der Waals surface area contributed by atoms with Gasteiger partial charge in [0.1, 0.15) is 5.82 Å². The number of benzene rings is 1. The van der Waals surface area contributed by atoms with Crippen LogP contribution in [0.3, 0.4) is 0 Å². The minimum Gasteiger partial charge on any atom is -0.342 e. The van der Waals surface area contributed by atoms with Gasteiger partial charge in [0.15, 0.2) is 0 Å². The number of halogens is 1. The largest absolute Gasteiger partial charge is 0.342 e. The summed E-state index contributed by atoms with van der Waals surface area (Å²) in [5, 5.41) is 3.98. The lowest BCUT2D eigenvalue weighted by molar-refractivity contribution is -0.132. The number of piperazine rings is 1. The van der Waals surface area contributed by atoms with Crippen molar-refractivity contribution in [3.8, 4) is 11.4 Å². The maximum Gasteiger partial charge on any atom is 0.241 e. The highest BCUT2D eigenvalue weighted by atomic mass is 19.1. The van der Waals surface area contributed by atoms with Gasteiger partial charge in [-0.1, -0.05) is 17.3 Å². The molecule has 1 amide bonds. The van der Waals surface area contributed by atoms with Gasteiger partial charge in [0.2, 0.25) is 17.6 Å². The highest BCUT2D eigenvalue weighted by Gasteiger charge is 2.22. The summed E-state index contributed by atoms with van der Waals surface area (Å²) in [7, 11) is 0. The topological polar surface area (TPSA) is 65.7 Å². The van der Waals surface area contributed by atoms with E-state index in [0.29, 0.717) is 35.9 Å². The number of nitrogens with zero attached hydrogens (tertiary/aromatic N) is 5. The van der Waals surface area contributed by atoms with Crippen molar-refractivity contribution in [2.75, 3.05) is 45.8 Å². The van der Waals surface area contributed by atoms with Crippen LogP contribution < -0.4 is 0 Å². The van der Waals surface area contributed by atoms with Crippen LogP contribution in [-0.4, -0.2) is 76.6 Å². The molecule has 1 aliphatic rings. The molecule has 1 aromatic carbocycles. The zero-order valence-corrected chi connectivity index (χ0v) is 16.8. The normalized spacial score (nSPS) is 15.7. The van der Waals surface area contributed by atoms with Crippen molar-refractivity contribution in [3.63, 3.8) is 0 Å². The monoisotopic (exact) mass is 389 g/mol. The fourth-order valence-corrected chi connectivity index (χ4v) is 3.33. The standard InChI is InChI=1S/C20H28FN5O2/c1-4-26(5-2)19(27)14-25-10-8-24(9-11-25)13-18-22-20(23-28-18)16-7-6-15(3)17(21)12-16/h6-7,12H,4-5,8-11,13-14H2,1-3H3. The van der Waals surface area contributed by atoms with Gasteiger partial charge in [-0.25, -0.2) is 4.39 Å². The number of carbonyl (C=O) groups is 1. The van der Waals surface area contributed by atoms with E-state index in [4.69, 9.17) is 4.52 Å². The summed E-state index contributed by atoms with van der Waals surface area (Å²) in [5.74, 6) is 0.825. The van der Waals surface area contributed by atoms with Crippen molar-refractivity contribution in [2.24, 2.45) is 0 Å². The highest BCUT2D eigenvalue weighted by molar-refractivity contribution is 5.78. The summed E-state index contributed by atoms with van der Waals surface area (Å²) < 4.78 is 19.1. The molecule has 152 valence electrons. The van der Waals surface area contributed by atoms with Crippen molar-refractivity contribution in [3.05, 3.63) is 35.5 Å². The van der Waals surface area contributed by atoms with Gasteiger partial charge >= 0.3 is 0 Å². The molecule has 1 aliphatic heterocycles. The van der Waals surface area contributed by atoms with Crippen molar-refractivity contribution in [2.45, 2.75) is 27.3 Å². The lowest BCUT2D eigenvalue weighted by Gasteiger charge is -2.34. The van der Waals surface area contributed by atoms with Crippen LogP contribution in [0.15, 0.2) is 22.7 Å². The number of hydrogen-bond donors (Lipinski definition) is 0. The second kappa shape index (κ2) is 9.25. The molecule has 0 unspecified atom stereocenters. The number of aryl methyl sites for hydroxylation is 1. The molecule has 1 saturated heterocycles. The van der Waals surface area contributed by atoms with E-state index >= 15 is 0 Å². The number of carbonyl (C=O) groups excluding carboxylic acids is 1. The van der Waals surface area contributed by atoms with Crippen molar-refractivity contribution >= 4 is 5.91 Å². The predicted molar refractivity (Wildman–Crippen MR) is 104 cm³/mol. The van der Waals surface area contributed by atoms with Gasteiger partial charge in [0, 0.05) is 44.8 Å². The summed E-state index contributed by atoms with van der Waals surface area (Å²) in [6.45, 7) is 11.6. The Morgan fingerprint density at radius 3 is 2.50 bits per heavy atom. The fraction of sp³-hybridized carbons (Fsp3) is 0.550. The number of hydrogen-bond acceptors (Lipinski definition) is 6. The van der Waals surface area contributed by atoms with Gasteiger partial charge < -0.3 is 9.42 Å². The van der Waals surface area contributed by atoms with Gasteiger partial charge in [0.05, 0.1) is 13.1 Å². The molecule has 0 saturated carbocycles. The van der Waals surface area contributed by atoms with Gasteiger partial charge in [-0.05, 0) is 32.4 Å². The summed E-state index contributed by atoms with van der Waals surface area (Å²) in [6, 6.07) is 4.92. The van der Waals surface area contributed by atoms with Crippen molar-refractivity contribution in [1.82, 2.24) is 24.8 Å². The molecule has 0 atom stereocenters. The van der Waals surface area contributed by atoms with Gasteiger partial charge in [-0.2, -0.15) is 4.98 Å². The van der Waals surface area contributed by atoms with Crippen molar-refractivity contribution < 1.29 is 13.7 Å². The number of amides is 1. The second-order valence-corrected chi connectivity index (χ2v) is 7.09. The Labute approximate surface area is 165 Å². The molecule has 0 spiro atoms. The lowest BCUT2D eigenvalue weighted by atomic mass is 10.1. The Morgan fingerprint density at radius 2 is 1.86 bits per heavy atom. The Hall–Kier alpha value is -2.32. The lowest BCUT2D eigenvalue weighted by Crippen LogP contribution is -2.49. The van der Waals surface area contributed by atoms with E-state index in [9.17, 15) is 9.18 Å².